The smallest absolute Gasteiger partial charge is 0.131 e. The van der Waals surface area contributed by atoms with Crippen molar-refractivity contribution in [3.8, 4) is 0 Å². The second-order valence-electron chi connectivity index (χ2n) is 1.97. The predicted octanol–water partition coefficient (Wildman–Crippen LogP) is 2.04. The molecule has 1 rings (SSSR count). The molecule has 0 unspecified atom stereocenters. The molecule has 0 bridgehead atoms. The van der Waals surface area contributed by atoms with E-state index in [0.29, 0.717) is 0 Å². The van der Waals surface area contributed by atoms with Gasteiger partial charge in [0.05, 0.1) is 0 Å². The highest BCUT2D eigenvalue weighted by atomic mass is 79.9. The number of hydrogen-bond donors (Lipinski definition) is 1. The van der Waals surface area contributed by atoms with Gasteiger partial charge in [0.2, 0.25) is 0 Å². The van der Waals surface area contributed by atoms with Crippen molar-refractivity contribution in [3.63, 3.8) is 0 Å². The van der Waals surface area contributed by atoms with Gasteiger partial charge in [0.15, 0.2) is 0 Å². The third-order valence-electron chi connectivity index (χ3n) is 1.38. The summed E-state index contributed by atoms with van der Waals surface area (Å²) in [5, 5.41) is 6.87. The van der Waals surface area contributed by atoms with Crippen molar-refractivity contribution in [1.29, 1.82) is 0 Å². The van der Waals surface area contributed by atoms with E-state index in [1.54, 1.807) is 0 Å². The molecule has 0 saturated carbocycles. The predicted molar refractivity (Wildman–Crippen MR) is 40.4 cm³/mol. The number of halogens is 1. The topological polar surface area (TPSA) is 28.7 Å². The van der Waals surface area contributed by atoms with Gasteiger partial charge in [-0.3, -0.25) is 5.10 Å². The van der Waals surface area contributed by atoms with Gasteiger partial charge in [0.1, 0.15) is 4.60 Å². The number of aromatic amines is 1. The van der Waals surface area contributed by atoms with Gasteiger partial charge in [-0.15, -0.1) is 0 Å². The van der Waals surface area contributed by atoms with Gasteiger partial charge < -0.3 is 0 Å². The lowest BCUT2D eigenvalue weighted by Gasteiger charge is -1.89. The molecule has 9 heavy (non-hydrogen) atoms. The molecule has 0 amide bonds. The van der Waals surface area contributed by atoms with Crippen LogP contribution < -0.4 is 0 Å². The maximum absolute atomic E-state index is 3.98. The average molecular weight is 189 g/mol. The van der Waals surface area contributed by atoms with Crippen LogP contribution in [0.5, 0.6) is 0 Å². The minimum atomic E-state index is 0.947. The van der Waals surface area contributed by atoms with Crippen LogP contribution in [0.4, 0.5) is 0 Å². The van der Waals surface area contributed by atoms with Crippen LogP contribution >= 0.6 is 15.9 Å². The van der Waals surface area contributed by atoms with Gasteiger partial charge in [0, 0.05) is 11.3 Å². The van der Waals surface area contributed by atoms with Crippen LogP contribution in [0.3, 0.4) is 0 Å². The maximum atomic E-state index is 3.98. The van der Waals surface area contributed by atoms with E-state index in [-0.39, 0.29) is 0 Å². The van der Waals surface area contributed by atoms with Gasteiger partial charge in [-0.2, -0.15) is 5.10 Å². The van der Waals surface area contributed by atoms with Crippen LogP contribution in [0.15, 0.2) is 4.60 Å². The first-order valence-electron chi connectivity index (χ1n) is 2.95. The summed E-state index contributed by atoms with van der Waals surface area (Å²) in [6, 6.07) is 0. The fourth-order valence-electron chi connectivity index (χ4n) is 0.834. The molecule has 1 aromatic rings. The van der Waals surface area contributed by atoms with E-state index in [1.165, 1.54) is 5.56 Å². The summed E-state index contributed by atoms with van der Waals surface area (Å²) in [5.41, 5.74) is 2.43. The van der Waals surface area contributed by atoms with Gasteiger partial charge >= 0.3 is 0 Å². The first-order valence-corrected chi connectivity index (χ1v) is 3.74. The van der Waals surface area contributed by atoms with E-state index < -0.39 is 0 Å². The number of hydrogen-bond acceptors (Lipinski definition) is 1. The minimum absolute atomic E-state index is 0.947. The molecule has 50 valence electrons. The Morgan fingerprint density at radius 2 is 2.33 bits per heavy atom. The van der Waals surface area contributed by atoms with Gasteiger partial charge in [-0.25, -0.2) is 0 Å². The van der Waals surface area contributed by atoms with Gasteiger partial charge in [-0.05, 0) is 29.3 Å². The summed E-state index contributed by atoms with van der Waals surface area (Å²) < 4.78 is 0.947. The fraction of sp³-hybridized carbons (Fsp3) is 0.500. The molecule has 3 heteroatoms. The zero-order chi connectivity index (χ0) is 6.85. The molecule has 1 N–H and O–H groups in total. The Hall–Kier alpha value is -0.310. The summed E-state index contributed by atoms with van der Waals surface area (Å²) in [5.74, 6) is 0. The lowest BCUT2D eigenvalue weighted by atomic mass is 10.2. The highest BCUT2D eigenvalue weighted by Crippen LogP contribution is 2.16. The quantitative estimate of drug-likeness (QED) is 0.719. The normalized spacial score (nSPS) is 10.1. The van der Waals surface area contributed by atoms with Crippen LogP contribution in [-0.4, -0.2) is 10.2 Å². The highest BCUT2D eigenvalue weighted by Gasteiger charge is 2.02. The van der Waals surface area contributed by atoms with Gasteiger partial charge in [0.25, 0.3) is 0 Å². The molecule has 0 saturated heterocycles. The number of nitrogens with zero attached hydrogens (tertiary/aromatic N) is 1. The number of rotatable bonds is 1. The van der Waals surface area contributed by atoms with Crippen molar-refractivity contribution >= 4 is 15.9 Å². The lowest BCUT2D eigenvalue weighted by molar-refractivity contribution is 1.03. The van der Waals surface area contributed by atoms with Crippen LogP contribution in [0.2, 0.25) is 0 Å². The Labute approximate surface area is 62.8 Å². The van der Waals surface area contributed by atoms with E-state index >= 15 is 0 Å². The lowest BCUT2D eigenvalue weighted by Crippen LogP contribution is -1.79. The second kappa shape index (κ2) is 2.52. The molecule has 0 aliphatic rings. The first-order chi connectivity index (χ1) is 4.25. The minimum Gasteiger partial charge on any atom is -0.281 e. The van der Waals surface area contributed by atoms with Crippen LogP contribution in [0.25, 0.3) is 0 Å². The molecule has 1 aromatic heterocycles. The van der Waals surface area contributed by atoms with E-state index in [2.05, 4.69) is 33.1 Å². The van der Waals surface area contributed by atoms with Crippen molar-refractivity contribution in [2.45, 2.75) is 20.3 Å². The van der Waals surface area contributed by atoms with Crippen LogP contribution in [0, 0.1) is 6.92 Å². The van der Waals surface area contributed by atoms with E-state index in [1.807, 2.05) is 6.92 Å². The average Bonchev–Trinajstić information content (AvgIpc) is 2.12. The molecule has 0 atom stereocenters. The summed E-state index contributed by atoms with van der Waals surface area (Å²) in [6.45, 7) is 4.14. The van der Waals surface area contributed by atoms with Crippen LogP contribution in [-0.2, 0) is 6.42 Å². The van der Waals surface area contributed by atoms with Gasteiger partial charge in [-0.1, -0.05) is 6.92 Å². The SMILES string of the molecule is CCc1c(Br)n[nH]c1C. The standard InChI is InChI=1S/C6H9BrN2/c1-3-5-4(2)8-9-6(5)7/h3H2,1-2H3,(H,8,9). The van der Waals surface area contributed by atoms with Crippen molar-refractivity contribution in [3.05, 3.63) is 15.9 Å². The Balaban J connectivity index is 3.07. The molecule has 1 heterocycles. The largest absolute Gasteiger partial charge is 0.281 e. The molecular formula is C6H9BrN2. The monoisotopic (exact) mass is 188 g/mol. The summed E-state index contributed by atoms with van der Waals surface area (Å²) in [7, 11) is 0. The Kier molecular flexibility index (Phi) is 1.90. The van der Waals surface area contributed by atoms with E-state index in [4.69, 9.17) is 0 Å². The Bertz CT molecular complexity index is 185. The molecule has 0 fully saturated rings. The summed E-state index contributed by atoms with van der Waals surface area (Å²) in [4.78, 5) is 0. The number of nitrogens with one attached hydrogen (secondary N) is 1. The molecule has 0 aliphatic heterocycles. The van der Waals surface area contributed by atoms with Crippen molar-refractivity contribution in [2.24, 2.45) is 0 Å². The molecule has 0 aliphatic carbocycles. The molecule has 0 spiro atoms. The number of H-pyrrole nitrogens is 1. The van der Waals surface area contributed by atoms with Crippen molar-refractivity contribution in [1.82, 2.24) is 10.2 Å². The van der Waals surface area contributed by atoms with Crippen molar-refractivity contribution in [2.75, 3.05) is 0 Å². The summed E-state index contributed by atoms with van der Waals surface area (Å²) in [6.07, 6.45) is 1.03. The van der Waals surface area contributed by atoms with E-state index in [0.717, 1.165) is 16.7 Å². The second-order valence-corrected chi connectivity index (χ2v) is 2.72. The van der Waals surface area contributed by atoms with E-state index in [9.17, 15) is 0 Å². The zero-order valence-corrected chi connectivity index (χ0v) is 7.12. The third kappa shape index (κ3) is 1.15. The number of aryl methyl sites for hydroxylation is 1. The third-order valence-corrected chi connectivity index (χ3v) is 2.03. The zero-order valence-electron chi connectivity index (χ0n) is 5.53. The van der Waals surface area contributed by atoms with Crippen LogP contribution in [0.1, 0.15) is 18.2 Å². The molecule has 2 nitrogen and oxygen atoms in total. The first kappa shape index (κ1) is 6.81. The fourth-order valence-corrected chi connectivity index (χ4v) is 1.50. The Morgan fingerprint density at radius 1 is 1.67 bits per heavy atom. The highest BCUT2D eigenvalue weighted by molar-refractivity contribution is 9.10. The summed E-state index contributed by atoms with van der Waals surface area (Å²) >= 11 is 3.33. The van der Waals surface area contributed by atoms with Crippen molar-refractivity contribution < 1.29 is 0 Å². The molecule has 0 radical (unpaired) electrons. The molecular weight excluding hydrogens is 180 g/mol. The Morgan fingerprint density at radius 3 is 2.56 bits per heavy atom. The maximum Gasteiger partial charge on any atom is 0.131 e. The molecule has 0 aromatic carbocycles. The number of aromatic nitrogens is 2.